The van der Waals surface area contributed by atoms with Crippen molar-refractivity contribution in [3.8, 4) is 12.1 Å². The van der Waals surface area contributed by atoms with Crippen LogP contribution in [0.1, 0.15) is 39.7 Å². The zero-order valence-corrected chi connectivity index (χ0v) is 16.2. The van der Waals surface area contributed by atoms with Gasteiger partial charge in [0.2, 0.25) is 0 Å². The number of hydrogen-bond acceptors (Lipinski definition) is 8. The zero-order valence-electron chi connectivity index (χ0n) is 15.4. The number of pyridine rings is 1. The first-order chi connectivity index (χ1) is 13.5. The van der Waals surface area contributed by atoms with Crippen molar-refractivity contribution in [2.24, 2.45) is 0 Å². The molecule has 0 aliphatic rings. The van der Waals surface area contributed by atoms with E-state index in [1.807, 2.05) is 12.1 Å². The number of carbonyl (C=O) groups is 2. The number of hydrogen-bond donors (Lipinski definition) is 0. The van der Waals surface area contributed by atoms with Crippen LogP contribution in [-0.2, 0) is 20.9 Å². The van der Waals surface area contributed by atoms with Crippen LogP contribution in [0, 0.1) is 29.6 Å². The fraction of sp³-hybridized carbons (Fsp3) is 0.250. The molecule has 0 bridgehead atoms. The van der Waals surface area contributed by atoms with Crippen molar-refractivity contribution in [3.05, 3.63) is 58.3 Å². The van der Waals surface area contributed by atoms with Gasteiger partial charge in [-0.3, -0.25) is 4.79 Å². The van der Waals surface area contributed by atoms with Crippen molar-refractivity contribution in [2.45, 2.75) is 25.5 Å². The molecule has 142 valence electrons. The topological polar surface area (TPSA) is 113 Å². The highest BCUT2D eigenvalue weighted by atomic mass is 32.2. The predicted octanol–water partition coefficient (Wildman–Crippen LogP) is 3.15. The summed E-state index contributed by atoms with van der Waals surface area (Å²) in [6, 6.07) is 12.1. The number of aromatic nitrogens is 1. The van der Waals surface area contributed by atoms with Crippen molar-refractivity contribution in [3.63, 3.8) is 0 Å². The lowest BCUT2D eigenvalue weighted by Crippen LogP contribution is -2.11. The Morgan fingerprint density at radius 1 is 1.14 bits per heavy atom. The summed E-state index contributed by atoms with van der Waals surface area (Å²) in [5, 5.41) is 18.4. The molecular weight excluding hydrogens is 378 g/mol. The van der Waals surface area contributed by atoms with E-state index in [4.69, 9.17) is 14.7 Å². The first-order valence-electron chi connectivity index (χ1n) is 8.34. The number of thioether (sulfide) groups is 1. The van der Waals surface area contributed by atoms with E-state index in [1.54, 1.807) is 38.1 Å². The van der Waals surface area contributed by atoms with Gasteiger partial charge in [0, 0.05) is 0 Å². The third-order valence-electron chi connectivity index (χ3n) is 3.60. The molecule has 0 saturated heterocycles. The van der Waals surface area contributed by atoms with Crippen LogP contribution in [0.5, 0.6) is 0 Å². The van der Waals surface area contributed by atoms with Crippen LogP contribution in [0.2, 0.25) is 0 Å². The van der Waals surface area contributed by atoms with Gasteiger partial charge in [0.25, 0.3) is 0 Å². The third kappa shape index (κ3) is 5.57. The molecule has 0 atom stereocenters. The van der Waals surface area contributed by atoms with Crippen molar-refractivity contribution in [1.82, 2.24) is 4.98 Å². The van der Waals surface area contributed by atoms with Gasteiger partial charge in [-0.2, -0.15) is 10.5 Å². The van der Waals surface area contributed by atoms with Crippen LogP contribution in [-0.4, -0.2) is 29.3 Å². The molecule has 7 nitrogen and oxygen atoms in total. The summed E-state index contributed by atoms with van der Waals surface area (Å²) in [6.07, 6.45) is 0. The Morgan fingerprint density at radius 2 is 1.86 bits per heavy atom. The van der Waals surface area contributed by atoms with Crippen molar-refractivity contribution in [2.75, 3.05) is 12.4 Å². The summed E-state index contributed by atoms with van der Waals surface area (Å²) in [7, 11) is 0. The summed E-state index contributed by atoms with van der Waals surface area (Å²) in [5.41, 5.74) is 2.14. The predicted molar refractivity (Wildman–Crippen MR) is 101 cm³/mol. The van der Waals surface area contributed by atoms with Gasteiger partial charge in [0.1, 0.15) is 17.7 Å². The second-order valence-electron chi connectivity index (χ2n) is 5.56. The Labute approximate surface area is 166 Å². The van der Waals surface area contributed by atoms with Crippen molar-refractivity contribution < 1.29 is 19.1 Å². The van der Waals surface area contributed by atoms with E-state index in [-0.39, 0.29) is 30.1 Å². The molecule has 1 aromatic heterocycles. The molecule has 1 aromatic carbocycles. The third-order valence-corrected chi connectivity index (χ3v) is 4.57. The molecule has 8 heteroatoms. The number of rotatable bonds is 7. The lowest BCUT2D eigenvalue weighted by molar-refractivity contribution is -0.141. The van der Waals surface area contributed by atoms with Gasteiger partial charge in [-0.25, -0.2) is 9.78 Å². The Morgan fingerprint density at radius 3 is 2.46 bits per heavy atom. The van der Waals surface area contributed by atoms with E-state index in [0.29, 0.717) is 16.3 Å². The summed E-state index contributed by atoms with van der Waals surface area (Å²) in [4.78, 5) is 28.1. The minimum Gasteiger partial charge on any atom is -0.462 e. The Bertz CT molecular complexity index is 959. The molecule has 0 N–H and O–H groups in total. The van der Waals surface area contributed by atoms with Crippen molar-refractivity contribution >= 4 is 23.7 Å². The SMILES string of the molecule is CCOC(=O)c1cc(C#N)c(SCC(=O)OCc2ccc(C#N)cc2)nc1C. The second-order valence-corrected chi connectivity index (χ2v) is 6.53. The molecule has 28 heavy (non-hydrogen) atoms. The smallest absolute Gasteiger partial charge is 0.340 e. The molecule has 0 saturated carbocycles. The number of esters is 2. The van der Waals surface area contributed by atoms with Crippen LogP contribution in [0.4, 0.5) is 0 Å². The van der Waals surface area contributed by atoms with E-state index in [9.17, 15) is 14.9 Å². The van der Waals surface area contributed by atoms with E-state index < -0.39 is 11.9 Å². The molecule has 0 amide bonds. The number of benzene rings is 1. The number of ether oxygens (including phenoxy) is 2. The molecule has 0 aliphatic carbocycles. The Kier molecular flexibility index (Phi) is 7.55. The molecule has 0 radical (unpaired) electrons. The summed E-state index contributed by atoms with van der Waals surface area (Å²) in [6.45, 7) is 3.65. The summed E-state index contributed by atoms with van der Waals surface area (Å²) < 4.78 is 10.1. The maximum absolute atomic E-state index is 12.0. The molecule has 2 aromatic rings. The Hall–Kier alpha value is -3.36. The van der Waals surface area contributed by atoms with Crippen LogP contribution < -0.4 is 0 Å². The number of aryl methyl sites for hydroxylation is 1. The van der Waals surface area contributed by atoms with Crippen LogP contribution >= 0.6 is 11.8 Å². The molecule has 0 spiro atoms. The van der Waals surface area contributed by atoms with E-state index in [2.05, 4.69) is 4.98 Å². The number of nitriles is 2. The molecule has 0 fully saturated rings. The van der Waals surface area contributed by atoms with Gasteiger partial charge in [-0.15, -0.1) is 0 Å². The van der Waals surface area contributed by atoms with Crippen LogP contribution in [0.15, 0.2) is 35.4 Å². The number of nitrogens with zero attached hydrogens (tertiary/aromatic N) is 3. The highest BCUT2D eigenvalue weighted by molar-refractivity contribution is 7.99. The van der Waals surface area contributed by atoms with Crippen LogP contribution in [0.25, 0.3) is 0 Å². The van der Waals surface area contributed by atoms with Gasteiger partial charge >= 0.3 is 11.9 Å². The highest BCUT2D eigenvalue weighted by Gasteiger charge is 2.17. The van der Waals surface area contributed by atoms with E-state index in [0.717, 1.165) is 17.3 Å². The van der Waals surface area contributed by atoms with Gasteiger partial charge in [-0.1, -0.05) is 23.9 Å². The molecule has 1 heterocycles. The largest absolute Gasteiger partial charge is 0.462 e. The summed E-state index contributed by atoms with van der Waals surface area (Å²) >= 11 is 1.07. The van der Waals surface area contributed by atoms with Gasteiger partial charge in [0.15, 0.2) is 0 Å². The molecule has 0 aliphatic heterocycles. The maximum atomic E-state index is 12.0. The van der Waals surface area contributed by atoms with Crippen LogP contribution in [0.3, 0.4) is 0 Å². The van der Waals surface area contributed by atoms with Gasteiger partial charge in [0.05, 0.1) is 40.8 Å². The van der Waals surface area contributed by atoms with Gasteiger partial charge in [-0.05, 0) is 37.6 Å². The molecule has 2 rings (SSSR count). The quantitative estimate of drug-likeness (QED) is 0.519. The number of carbonyl (C=O) groups excluding carboxylic acids is 2. The average molecular weight is 395 g/mol. The fourth-order valence-corrected chi connectivity index (χ4v) is 3.00. The fourth-order valence-electron chi connectivity index (χ4n) is 2.20. The molecular formula is C20H17N3O4S. The highest BCUT2D eigenvalue weighted by Crippen LogP contribution is 2.23. The average Bonchev–Trinajstić information content (AvgIpc) is 2.71. The van der Waals surface area contributed by atoms with E-state index >= 15 is 0 Å². The van der Waals surface area contributed by atoms with Gasteiger partial charge < -0.3 is 9.47 Å². The minimum absolute atomic E-state index is 0.0316. The first-order valence-corrected chi connectivity index (χ1v) is 9.33. The first kappa shape index (κ1) is 20.9. The van der Waals surface area contributed by atoms with E-state index in [1.165, 1.54) is 6.07 Å². The Balaban J connectivity index is 1.98. The lowest BCUT2D eigenvalue weighted by Gasteiger charge is -2.09. The standard InChI is InChI=1S/C20H17N3O4S/c1-3-26-20(25)17-8-16(10-22)19(23-13(17)2)28-12-18(24)27-11-15-6-4-14(9-21)5-7-15/h4-8H,3,11-12H2,1-2H3. The maximum Gasteiger partial charge on any atom is 0.340 e. The minimum atomic E-state index is -0.539. The zero-order chi connectivity index (χ0) is 20.5. The van der Waals surface area contributed by atoms with Crippen molar-refractivity contribution in [1.29, 1.82) is 10.5 Å². The summed E-state index contributed by atoms with van der Waals surface area (Å²) in [5.74, 6) is -1.04. The normalized spacial score (nSPS) is 9.86. The lowest BCUT2D eigenvalue weighted by atomic mass is 10.1. The monoisotopic (exact) mass is 395 g/mol. The second kappa shape index (κ2) is 10.1. The molecule has 0 unspecified atom stereocenters.